The van der Waals surface area contributed by atoms with E-state index < -0.39 is 11.9 Å². The first kappa shape index (κ1) is 22.0. The predicted octanol–water partition coefficient (Wildman–Crippen LogP) is 3.20. The third-order valence-corrected chi connectivity index (χ3v) is 3.26. The number of benzene rings is 1. The molecule has 0 amide bonds. The van der Waals surface area contributed by atoms with E-state index in [1.54, 1.807) is 18.2 Å². The molecule has 0 unspecified atom stereocenters. The van der Waals surface area contributed by atoms with Crippen LogP contribution in [0.25, 0.3) is 0 Å². The Morgan fingerprint density at radius 1 is 1.08 bits per heavy atom. The van der Waals surface area contributed by atoms with Crippen LogP contribution in [-0.2, 0) is 9.59 Å². The largest absolute Gasteiger partial charge is 0.492 e. The Morgan fingerprint density at radius 2 is 1.62 bits per heavy atom. The van der Waals surface area contributed by atoms with Crippen LogP contribution in [0.15, 0.2) is 43.5 Å². The highest BCUT2D eigenvalue weighted by Crippen LogP contribution is 2.26. The van der Waals surface area contributed by atoms with Crippen LogP contribution in [0.1, 0.15) is 0 Å². The van der Waals surface area contributed by atoms with Crippen molar-refractivity contribution in [3.63, 3.8) is 0 Å². The molecule has 0 saturated heterocycles. The molecular weight excluding hydrogens is 357 g/mol. The Kier molecular flexibility index (Phi) is 11.4. The summed E-state index contributed by atoms with van der Waals surface area (Å²) < 4.78 is 5.61. The molecule has 2 N–H and O–H groups in total. The van der Waals surface area contributed by atoms with Gasteiger partial charge in [-0.05, 0) is 12.1 Å². The molecule has 1 aromatic rings. The van der Waals surface area contributed by atoms with Gasteiger partial charge < -0.3 is 14.9 Å². The average Bonchev–Trinajstić information content (AvgIpc) is 2.52. The van der Waals surface area contributed by atoms with Gasteiger partial charge in [0, 0.05) is 25.7 Å². The summed E-state index contributed by atoms with van der Waals surface area (Å²) in [5, 5.41) is 15.8. The summed E-state index contributed by atoms with van der Waals surface area (Å²) in [6, 6.07) is 5.25. The lowest BCUT2D eigenvalue weighted by molar-refractivity contribution is -0.159. The van der Waals surface area contributed by atoms with E-state index >= 15 is 0 Å². The fraction of sp³-hybridized carbons (Fsp3) is 0.250. The van der Waals surface area contributed by atoms with Crippen LogP contribution in [0.3, 0.4) is 0 Å². The third-order valence-electron chi connectivity index (χ3n) is 2.52. The normalized spacial score (nSPS) is 9.62. The number of rotatable bonds is 8. The summed E-state index contributed by atoms with van der Waals surface area (Å²) in [7, 11) is 0. The molecule has 0 aliphatic carbocycles. The second kappa shape index (κ2) is 12.4. The molecule has 24 heavy (non-hydrogen) atoms. The summed E-state index contributed by atoms with van der Waals surface area (Å²) in [6.45, 7) is 10.5. The molecule has 0 aliphatic heterocycles. The average molecular weight is 376 g/mol. The highest BCUT2D eigenvalue weighted by molar-refractivity contribution is 6.42. The van der Waals surface area contributed by atoms with Gasteiger partial charge in [0.15, 0.2) is 0 Å². The number of carboxylic acids is 2. The smallest absolute Gasteiger partial charge is 0.414 e. The number of halogens is 2. The Labute approximate surface area is 150 Å². The molecule has 0 fully saturated rings. The highest BCUT2D eigenvalue weighted by Gasteiger charge is 2.04. The van der Waals surface area contributed by atoms with Crippen LogP contribution in [0.5, 0.6) is 5.75 Å². The van der Waals surface area contributed by atoms with Crippen molar-refractivity contribution < 1.29 is 24.5 Å². The molecule has 0 atom stereocenters. The molecular formula is C16H19Cl2NO5. The highest BCUT2D eigenvalue weighted by atomic mass is 35.5. The number of aliphatic carboxylic acids is 2. The maximum atomic E-state index is 9.10. The van der Waals surface area contributed by atoms with Gasteiger partial charge in [0.2, 0.25) is 0 Å². The van der Waals surface area contributed by atoms with E-state index in [0.29, 0.717) is 16.7 Å². The van der Waals surface area contributed by atoms with E-state index in [1.165, 1.54) is 0 Å². The van der Waals surface area contributed by atoms with Gasteiger partial charge in [-0.15, -0.1) is 13.2 Å². The van der Waals surface area contributed by atoms with Crippen molar-refractivity contribution in [1.82, 2.24) is 4.90 Å². The second-order valence-corrected chi connectivity index (χ2v) is 5.19. The van der Waals surface area contributed by atoms with Crippen LogP contribution in [0.4, 0.5) is 0 Å². The van der Waals surface area contributed by atoms with Gasteiger partial charge in [-0.2, -0.15) is 0 Å². The molecule has 0 aliphatic rings. The molecule has 6 nitrogen and oxygen atoms in total. The van der Waals surface area contributed by atoms with E-state index in [9.17, 15) is 0 Å². The monoisotopic (exact) mass is 375 g/mol. The fourth-order valence-corrected chi connectivity index (χ4v) is 1.77. The Hall–Kier alpha value is -2.02. The standard InChI is InChI=1S/C14H17Cl2NO.C2H2O4/c1-3-7-17(8-4-2)9-10-18-12-5-6-13(15)14(16)11-12;3-1(4)2(5)6/h3-6,11H,1-2,7-10H2;(H,3,4)(H,5,6). The van der Waals surface area contributed by atoms with Crippen molar-refractivity contribution in [3.8, 4) is 5.75 Å². The van der Waals surface area contributed by atoms with Gasteiger partial charge in [0.1, 0.15) is 12.4 Å². The molecule has 0 radical (unpaired) electrons. The number of carboxylic acid groups (broad SMARTS) is 2. The van der Waals surface area contributed by atoms with E-state index in [0.717, 1.165) is 25.4 Å². The van der Waals surface area contributed by atoms with Crippen molar-refractivity contribution in [1.29, 1.82) is 0 Å². The third kappa shape index (κ3) is 9.89. The molecule has 1 aromatic carbocycles. The van der Waals surface area contributed by atoms with E-state index in [2.05, 4.69) is 18.1 Å². The Bertz CT molecular complexity index is 556. The zero-order valence-corrected chi connectivity index (χ0v) is 14.5. The van der Waals surface area contributed by atoms with Crippen molar-refractivity contribution >= 4 is 35.1 Å². The second-order valence-electron chi connectivity index (χ2n) is 4.37. The first-order chi connectivity index (χ1) is 11.3. The number of nitrogens with zero attached hydrogens (tertiary/aromatic N) is 1. The lowest BCUT2D eigenvalue weighted by Gasteiger charge is -2.18. The molecule has 0 spiro atoms. The summed E-state index contributed by atoms with van der Waals surface area (Å²) in [6.07, 6.45) is 3.73. The van der Waals surface area contributed by atoms with Crippen LogP contribution in [-0.4, -0.2) is 53.3 Å². The maximum Gasteiger partial charge on any atom is 0.414 e. The maximum absolute atomic E-state index is 9.10. The zero-order valence-electron chi connectivity index (χ0n) is 13.0. The first-order valence-corrected chi connectivity index (χ1v) is 7.55. The van der Waals surface area contributed by atoms with E-state index in [-0.39, 0.29) is 0 Å². The molecule has 0 saturated carbocycles. The minimum absolute atomic E-state index is 0.503. The van der Waals surface area contributed by atoms with Crippen molar-refractivity contribution in [2.45, 2.75) is 0 Å². The first-order valence-electron chi connectivity index (χ1n) is 6.80. The number of carbonyl (C=O) groups is 2. The van der Waals surface area contributed by atoms with Crippen molar-refractivity contribution in [3.05, 3.63) is 53.6 Å². The Morgan fingerprint density at radius 3 is 2.04 bits per heavy atom. The summed E-state index contributed by atoms with van der Waals surface area (Å²) in [5.41, 5.74) is 0. The lowest BCUT2D eigenvalue weighted by Crippen LogP contribution is -2.28. The Balaban J connectivity index is 0.000000754. The van der Waals surface area contributed by atoms with Gasteiger partial charge >= 0.3 is 11.9 Å². The molecule has 132 valence electrons. The lowest BCUT2D eigenvalue weighted by atomic mass is 10.3. The minimum atomic E-state index is -1.82. The van der Waals surface area contributed by atoms with Gasteiger partial charge in [-0.25, -0.2) is 9.59 Å². The fourth-order valence-electron chi connectivity index (χ4n) is 1.48. The van der Waals surface area contributed by atoms with Crippen LogP contribution in [0.2, 0.25) is 10.0 Å². The topological polar surface area (TPSA) is 87.1 Å². The number of hydrogen-bond acceptors (Lipinski definition) is 4. The SMILES string of the molecule is C=CCN(CC=C)CCOc1ccc(Cl)c(Cl)c1.O=C(O)C(=O)O. The molecule has 0 heterocycles. The quantitative estimate of drug-likeness (QED) is 0.535. The molecule has 8 heteroatoms. The number of ether oxygens (including phenoxy) is 1. The molecule has 1 rings (SSSR count). The van der Waals surface area contributed by atoms with E-state index in [1.807, 2.05) is 12.2 Å². The predicted molar refractivity (Wildman–Crippen MR) is 94.1 cm³/mol. The molecule has 0 bridgehead atoms. The number of hydrogen-bond donors (Lipinski definition) is 2. The summed E-state index contributed by atoms with van der Waals surface area (Å²) in [5.74, 6) is -2.92. The van der Waals surface area contributed by atoms with Gasteiger partial charge in [0.05, 0.1) is 10.0 Å². The van der Waals surface area contributed by atoms with E-state index in [4.69, 9.17) is 47.7 Å². The van der Waals surface area contributed by atoms with Crippen molar-refractivity contribution in [2.75, 3.05) is 26.2 Å². The molecule has 0 aromatic heterocycles. The van der Waals surface area contributed by atoms with Gasteiger partial charge in [-0.3, -0.25) is 4.90 Å². The van der Waals surface area contributed by atoms with Crippen LogP contribution < -0.4 is 4.74 Å². The van der Waals surface area contributed by atoms with Crippen LogP contribution in [0, 0.1) is 0 Å². The van der Waals surface area contributed by atoms with Crippen molar-refractivity contribution in [2.24, 2.45) is 0 Å². The summed E-state index contributed by atoms with van der Waals surface area (Å²) >= 11 is 11.7. The minimum Gasteiger partial charge on any atom is -0.492 e. The van der Waals surface area contributed by atoms with Gasteiger partial charge in [-0.1, -0.05) is 35.4 Å². The zero-order chi connectivity index (χ0) is 18.5. The van der Waals surface area contributed by atoms with Gasteiger partial charge in [0.25, 0.3) is 0 Å². The summed E-state index contributed by atoms with van der Waals surface area (Å²) in [4.78, 5) is 20.4. The van der Waals surface area contributed by atoms with Crippen LogP contribution >= 0.6 is 23.2 Å².